The van der Waals surface area contributed by atoms with E-state index in [-0.39, 0.29) is 17.6 Å². The fourth-order valence-electron chi connectivity index (χ4n) is 1.29. The van der Waals surface area contributed by atoms with Crippen LogP contribution in [0.2, 0.25) is 0 Å². The predicted octanol–water partition coefficient (Wildman–Crippen LogP) is 0.980. The second-order valence-electron chi connectivity index (χ2n) is 3.59. The second-order valence-corrected chi connectivity index (χ2v) is 3.59. The zero-order valence-corrected chi connectivity index (χ0v) is 9.25. The van der Waals surface area contributed by atoms with Crippen LogP contribution in [0, 0.1) is 12.1 Å². The number of hydrogen-bond acceptors (Lipinski definition) is 5. The Kier molecular flexibility index (Phi) is 2.70. The molecule has 1 aromatic heterocycles. The van der Waals surface area contributed by atoms with Crippen LogP contribution in [0.15, 0.2) is 30.3 Å². The lowest BCUT2D eigenvalue weighted by atomic mass is 10.2. The number of ether oxygens (including phenoxy) is 1. The highest BCUT2D eigenvalue weighted by Gasteiger charge is 2.09. The second kappa shape index (κ2) is 4.17. The van der Waals surface area contributed by atoms with Gasteiger partial charge in [-0.3, -0.25) is 0 Å². The molecule has 6 heteroatoms. The van der Waals surface area contributed by atoms with Gasteiger partial charge in [0.2, 0.25) is 0 Å². The van der Waals surface area contributed by atoms with Gasteiger partial charge in [0.15, 0.2) is 5.82 Å². The van der Waals surface area contributed by atoms with E-state index in [9.17, 15) is 5.21 Å². The molecule has 0 aliphatic rings. The number of hydrogen-bond donors (Lipinski definition) is 2. The molecule has 0 radical (unpaired) electrons. The quantitative estimate of drug-likeness (QED) is 0.593. The number of nitrogens with zero attached hydrogens (tertiary/aromatic N) is 2. The lowest BCUT2D eigenvalue weighted by molar-refractivity contribution is -0.577. The SMILES string of the molecule is Cc1ccc(Oc2cc(N)[n+]([O-])c(N)n2)cc1. The molecular formula is C11H12N4O2. The van der Waals surface area contributed by atoms with E-state index in [0.717, 1.165) is 5.56 Å². The Hall–Kier alpha value is -2.50. The molecule has 0 aliphatic carbocycles. The van der Waals surface area contributed by atoms with Crippen LogP contribution in [0.1, 0.15) is 5.56 Å². The summed E-state index contributed by atoms with van der Waals surface area (Å²) in [6, 6.07) is 8.71. The molecule has 1 aromatic carbocycles. The Labute approximate surface area is 98.0 Å². The minimum atomic E-state index is -0.243. The zero-order valence-electron chi connectivity index (χ0n) is 9.25. The van der Waals surface area contributed by atoms with Crippen LogP contribution in [0.5, 0.6) is 11.6 Å². The summed E-state index contributed by atoms with van der Waals surface area (Å²) in [6.45, 7) is 1.97. The van der Waals surface area contributed by atoms with Crippen molar-refractivity contribution in [1.29, 1.82) is 0 Å². The Morgan fingerprint density at radius 3 is 2.47 bits per heavy atom. The lowest BCUT2D eigenvalue weighted by Gasteiger charge is -2.10. The van der Waals surface area contributed by atoms with Crippen molar-refractivity contribution in [2.24, 2.45) is 0 Å². The van der Waals surface area contributed by atoms with Gasteiger partial charge in [0.05, 0.1) is 6.07 Å². The number of nitrogens with two attached hydrogens (primary N) is 2. The van der Waals surface area contributed by atoms with Gasteiger partial charge in [-0.2, -0.15) is 0 Å². The summed E-state index contributed by atoms with van der Waals surface area (Å²) in [5, 5.41) is 11.2. The molecule has 0 atom stereocenters. The minimum Gasteiger partial charge on any atom is -0.754 e. The fraction of sp³-hybridized carbons (Fsp3) is 0.0909. The maximum Gasteiger partial charge on any atom is 0.347 e. The zero-order chi connectivity index (χ0) is 12.4. The van der Waals surface area contributed by atoms with Crippen molar-refractivity contribution in [2.75, 3.05) is 11.5 Å². The van der Waals surface area contributed by atoms with Crippen molar-refractivity contribution in [3.8, 4) is 11.6 Å². The van der Waals surface area contributed by atoms with E-state index >= 15 is 0 Å². The van der Waals surface area contributed by atoms with E-state index in [1.807, 2.05) is 19.1 Å². The summed E-state index contributed by atoms with van der Waals surface area (Å²) >= 11 is 0. The minimum absolute atomic E-state index is 0.0559. The van der Waals surface area contributed by atoms with Gasteiger partial charge in [-0.05, 0) is 19.1 Å². The molecule has 0 saturated heterocycles. The number of nitrogen functional groups attached to an aromatic ring is 2. The summed E-state index contributed by atoms with van der Waals surface area (Å²) in [5.41, 5.74) is 11.9. The first-order valence-electron chi connectivity index (χ1n) is 4.96. The van der Waals surface area contributed by atoms with E-state index in [2.05, 4.69) is 4.98 Å². The van der Waals surface area contributed by atoms with Gasteiger partial charge in [0.1, 0.15) is 5.75 Å². The third-order valence-electron chi connectivity index (χ3n) is 2.18. The van der Waals surface area contributed by atoms with Crippen LogP contribution >= 0.6 is 0 Å². The molecule has 0 saturated carbocycles. The van der Waals surface area contributed by atoms with Crippen LogP contribution in [0.25, 0.3) is 0 Å². The number of benzene rings is 1. The molecule has 6 nitrogen and oxygen atoms in total. The highest BCUT2D eigenvalue weighted by Crippen LogP contribution is 2.20. The largest absolute Gasteiger partial charge is 0.754 e. The van der Waals surface area contributed by atoms with Crippen molar-refractivity contribution in [2.45, 2.75) is 6.92 Å². The van der Waals surface area contributed by atoms with E-state index in [1.54, 1.807) is 12.1 Å². The van der Waals surface area contributed by atoms with Crippen molar-refractivity contribution in [1.82, 2.24) is 4.98 Å². The molecular weight excluding hydrogens is 220 g/mol. The van der Waals surface area contributed by atoms with Gasteiger partial charge < -0.3 is 21.4 Å². The standard InChI is InChI=1S/C11H12N4O2/c1-7-2-4-8(5-3-7)17-10-6-9(12)15(16)11(13)14-10/h2-6H,12H2,1H3,(H2,13,14). The maximum absolute atomic E-state index is 11.2. The van der Waals surface area contributed by atoms with E-state index in [4.69, 9.17) is 16.2 Å². The third kappa shape index (κ3) is 2.36. The average Bonchev–Trinajstić information content (AvgIpc) is 2.29. The lowest BCUT2D eigenvalue weighted by Crippen LogP contribution is -2.35. The molecule has 2 rings (SSSR count). The molecule has 0 amide bonds. The molecule has 0 unspecified atom stereocenters. The molecule has 0 aliphatic heterocycles. The first-order chi connectivity index (χ1) is 8.06. The maximum atomic E-state index is 11.2. The summed E-state index contributed by atoms with van der Waals surface area (Å²) in [7, 11) is 0. The van der Waals surface area contributed by atoms with Gasteiger partial charge >= 0.3 is 5.95 Å². The van der Waals surface area contributed by atoms with Gasteiger partial charge in [0, 0.05) is 0 Å². The van der Waals surface area contributed by atoms with Crippen LogP contribution in [-0.2, 0) is 0 Å². The van der Waals surface area contributed by atoms with Crippen molar-refractivity contribution in [3.63, 3.8) is 0 Å². The normalized spacial score (nSPS) is 10.2. The number of aryl methyl sites for hydroxylation is 1. The van der Waals surface area contributed by atoms with Crippen LogP contribution in [0.3, 0.4) is 0 Å². The van der Waals surface area contributed by atoms with Gasteiger partial charge in [-0.25, -0.2) is 4.73 Å². The highest BCUT2D eigenvalue weighted by atomic mass is 16.5. The molecule has 2 aromatic rings. The summed E-state index contributed by atoms with van der Waals surface area (Å²) in [4.78, 5) is 3.78. The number of anilines is 2. The smallest absolute Gasteiger partial charge is 0.347 e. The molecule has 0 bridgehead atoms. The van der Waals surface area contributed by atoms with E-state index < -0.39 is 0 Å². The van der Waals surface area contributed by atoms with Gasteiger partial charge in [0.25, 0.3) is 5.88 Å². The molecule has 17 heavy (non-hydrogen) atoms. The first-order valence-corrected chi connectivity index (χ1v) is 4.96. The number of rotatable bonds is 2. The molecule has 1 heterocycles. The topological polar surface area (TPSA) is 101 Å². The predicted molar refractivity (Wildman–Crippen MR) is 63.3 cm³/mol. The van der Waals surface area contributed by atoms with Crippen molar-refractivity contribution >= 4 is 11.8 Å². The highest BCUT2D eigenvalue weighted by molar-refractivity contribution is 5.35. The third-order valence-corrected chi connectivity index (χ3v) is 2.18. The number of aromatic nitrogens is 2. The Bertz CT molecular complexity index is 517. The Morgan fingerprint density at radius 2 is 1.88 bits per heavy atom. The van der Waals surface area contributed by atoms with Crippen molar-refractivity contribution in [3.05, 3.63) is 41.1 Å². The molecule has 0 spiro atoms. The van der Waals surface area contributed by atoms with E-state index in [1.165, 1.54) is 6.07 Å². The van der Waals surface area contributed by atoms with Crippen LogP contribution < -0.4 is 20.9 Å². The van der Waals surface area contributed by atoms with Crippen LogP contribution in [0.4, 0.5) is 11.8 Å². The first kappa shape index (κ1) is 11.0. The van der Waals surface area contributed by atoms with Crippen molar-refractivity contribution < 1.29 is 9.47 Å². The van der Waals surface area contributed by atoms with E-state index in [0.29, 0.717) is 10.5 Å². The Morgan fingerprint density at radius 1 is 1.24 bits per heavy atom. The monoisotopic (exact) mass is 232 g/mol. The summed E-state index contributed by atoms with van der Waals surface area (Å²) in [6.07, 6.45) is 0. The van der Waals surface area contributed by atoms with Crippen LogP contribution in [-0.4, -0.2) is 4.98 Å². The van der Waals surface area contributed by atoms with Gasteiger partial charge in [-0.15, -0.1) is 0 Å². The Balaban J connectivity index is 2.27. The molecule has 4 N–H and O–H groups in total. The molecule has 88 valence electrons. The van der Waals surface area contributed by atoms with Gasteiger partial charge in [-0.1, -0.05) is 22.7 Å². The fourth-order valence-corrected chi connectivity index (χ4v) is 1.29. The summed E-state index contributed by atoms with van der Waals surface area (Å²) in [5.74, 6) is 0.494. The average molecular weight is 232 g/mol. The molecule has 0 fully saturated rings. The summed E-state index contributed by atoms with van der Waals surface area (Å²) < 4.78 is 5.76.